The van der Waals surface area contributed by atoms with E-state index in [2.05, 4.69) is 15.5 Å². The fraction of sp³-hybridized carbons (Fsp3) is 0.391. The number of esters is 1. The molecule has 0 unspecified atom stereocenters. The molecule has 174 valence electrons. The topological polar surface area (TPSA) is 95.3 Å². The van der Waals surface area contributed by atoms with Crippen molar-refractivity contribution in [3.05, 3.63) is 52.2 Å². The van der Waals surface area contributed by atoms with E-state index in [1.165, 1.54) is 35.1 Å². The van der Waals surface area contributed by atoms with Crippen molar-refractivity contribution in [1.82, 2.24) is 14.8 Å². The maximum Gasteiger partial charge on any atom is 0.341 e. The number of nitrogens with one attached hydrogen (secondary N) is 1. The molecule has 0 atom stereocenters. The second-order valence-corrected chi connectivity index (χ2v) is 9.70. The average molecular weight is 487 g/mol. The summed E-state index contributed by atoms with van der Waals surface area (Å²) in [6, 6.07) is 9.49. The summed E-state index contributed by atoms with van der Waals surface area (Å²) in [5, 5.41) is 12.5. The van der Waals surface area contributed by atoms with Gasteiger partial charge in [-0.1, -0.05) is 36.4 Å². The van der Waals surface area contributed by atoms with Crippen LogP contribution in [0.2, 0.25) is 0 Å². The number of thioether (sulfide) groups is 1. The molecule has 3 aromatic rings. The second-order valence-electron chi connectivity index (χ2n) is 7.66. The van der Waals surface area contributed by atoms with Crippen LogP contribution in [-0.4, -0.2) is 39.5 Å². The van der Waals surface area contributed by atoms with Crippen molar-refractivity contribution in [2.24, 2.45) is 7.05 Å². The second kappa shape index (κ2) is 10.8. The molecular weight excluding hydrogens is 460 g/mol. The summed E-state index contributed by atoms with van der Waals surface area (Å²) in [4.78, 5) is 26.3. The van der Waals surface area contributed by atoms with Crippen LogP contribution in [0.3, 0.4) is 0 Å². The Morgan fingerprint density at radius 3 is 2.73 bits per heavy atom. The van der Waals surface area contributed by atoms with E-state index in [-0.39, 0.29) is 18.3 Å². The summed E-state index contributed by atoms with van der Waals surface area (Å²) in [7, 11) is 3.22. The fourth-order valence-corrected chi connectivity index (χ4v) is 5.73. The van der Waals surface area contributed by atoms with Gasteiger partial charge in [-0.2, -0.15) is 0 Å². The molecule has 1 N–H and O–H groups in total. The van der Waals surface area contributed by atoms with Crippen LogP contribution in [0.5, 0.6) is 5.75 Å². The van der Waals surface area contributed by atoms with E-state index in [4.69, 9.17) is 9.47 Å². The summed E-state index contributed by atoms with van der Waals surface area (Å²) in [6.45, 7) is 0.281. The first-order valence-electron chi connectivity index (χ1n) is 10.8. The average Bonchev–Trinajstić information content (AvgIpc) is 3.26. The zero-order chi connectivity index (χ0) is 23.2. The molecule has 1 aliphatic carbocycles. The van der Waals surface area contributed by atoms with E-state index in [1.54, 1.807) is 0 Å². The third kappa shape index (κ3) is 5.56. The van der Waals surface area contributed by atoms with Gasteiger partial charge in [0.05, 0.1) is 18.4 Å². The fourth-order valence-electron chi connectivity index (χ4n) is 3.70. The van der Waals surface area contributed by atoms with Crippen LogP contribution in [0, 0.1) is 0 Å². The van der Waals surface area contributed by atoms with Crippen LogP contribution < -0.4 is 10.1 Å². The highest BCUT2D eigenvalue weighted by molar-refractivity contribution is 7.99. The van der Waals surface area contributed by atoms with Crippen LogP contribution in [0.4, 0.5) is 5.00 Å². The van der Waals surface area contributed by atoms with Gasteiger partial charge in [0, 0.05) is 11.9 Å². The highest BCUT2D eigenvalue weighted by Crippen LogP contribution is 2.38. The van der Waals surface area contributed by atoms with E-state index in [0.29, 0.717) is 21.5 Å². The third-order valence-electron chi connectivity index (χ3n) is 5.43. The maximum absolute atomic E-state index is 12.7. The summed E-state index contributed by atoms with van der Waals surface area (Å²) in [6.07, 6.45) is 5.06. The standard InChI is InChI=1S/C23H26N4O4S2/c1-27-18(13-31-15-9-5-3-6-10-15)25-26-23(27)32-14-19(28)24-21-20(22(29)30-2)16-11-7-4-8-12-17(16)33-21/h3,5-6,9-10H,4,7-8,11-14H2,1-2H3,(H,24,28). The van der Waals surface area contributed by atoms with Crippen molar-refractivity contribution < 1.29 is 19.1 Å². The minimum atomic E-state index is -0.395. The van der Waals surface area contributed by atoms with Crippen molar-refractivity contribution in [2.45, 2.75) is 43.9 Å². The molecule has 1 aromatic carbocycles. The first-order chi connectivity index (χ1) is 16.1. The number of rotatable bonds is 8. The van der Waals surface area contributed by atoms with Gasteiger partial charge in [-0.15, -0.1) is 21.5 Å². The molecular formula is C23H26N4O4S2. The minimum Gasteiger partial charge on any atom is -0.486 e. The summed E-state index contributed by atoms with van der Waals surface area (Å²) in [5.41, 5.74) is 1.54. The molecule has 33 heavy (non-hydrogen) atoms. The molecule has 2 heterocycles. The number of hydrogen-bond donors (Lipinski definition) is 1. The summed E-state index contributed by atoms with van der Waals surface area (Å²) in [5.74, 6) is 0.969. The predicted molar refractivity (Wildman–Crippen MR) is 128 cm³/mol. The lowest BCUT2D eigenvalue weighted by atomic mass is 10.1. The normalized spacial score (nSPS) is 13.2. The first kappa shape index (κ1) is 23.3. The van der Waals surface area contributed by atoms with Gasteiger partial charge in [0.1, 0.15) is 17.4 Å². The Morgan fingerprint density at radius 2 is 1.94 bits per heavy atom. The number of nitrogens with zero attached hydrogens (tertiary/aromatic N) is 3. The Labute approximate surface area is 200 Å². The smallest absolute Gasteiger partial charge is 0.341 e. The largest absolute Gasteiger partial charge is 0.486 e. The van der Waals surface area contributed by atoms with Gasteiger partial charge in [0.25, 0.3) is 0 Å². The molecule has 10 heteroatoms. The van der Waals surface area contributed by atoms with Crippen molar-refractivity contribution in [2.75, 3.05) is 18.2 Å². The van der Waals surface area contributed by atoms with Crippen molar-refractivity contribution in [1.29, 1.82) is 0 Å². The molecule has 0 saturated heterocycles. The van der Waals surface area contributed by atoms with E-state index >= 15 is 0 Å². The van der Waals surface area contributed by atoms with Crippen molar-refractivity contribution >= 4 is 40.0 Å². The van der Waals surface area contributed by atoms with Gasteiger partial charge < -0.3 is 19.4 Å². The van der Waals surface area contributed by atoms with Crippen LogP contribution in [0.15, 0.2) is 35.5 Å². The quantitative estimate of drug-likeness (QED) is 0.289. The lowest BCUT2D eigenvalue weighted by Crippen LogP contribution is -2.16. The van der Waals surface area contributed by atoms with E-state index < -0.39 is 5.97 Å². The number of hydrogen-bond acceptors (Lipinski definition) is 8. The molecule has 4 rings (SSSR count). The highest BCUT2D eigenvalue weighted by Gasteiger charge is 2.26. The maximum atomic E-state index is 12.7. The number of thiophene rings is 1. The van der Waals surface area contributed by atoms with Crippen molar-refractivity contribution in [3.63, 3.8) is 0 Å². The molecule has 1 aliphatic rings. The molecule has 2 aromatic heterocycles. The van der Waals surface area contributed by atoms with Crippen LogP contribution in [0.1, 0.15) is 45.9 Å². The van der Waals surface area contributed by atoms with Gasteiger partial charge in [-0.3, -0.25) is 4.79 Å². The number of amides is 1. The van der Waals surface area contributed by atoms with Crippen molar-refractivity contribution in [3.8, 4) is 5.75 Å². The Morgan fingerprint density at radius 1 is 1.15 bits per heavy atom. The van der Waals surface area contributed by atoms with Gasteiger partial charge in [-0.25, -0.2) is 4.79 Å². The van der Waals surface area contributed by atoms with Gasteiger partial charge in [0.15, 0.2) is 11.0 Å². The summed E-state index contributed by atoms with van der Waals surface area (Å²) >= 11 is 2.77. The monoisotopic (exact) mass is 486 g/mol. The van der Waals surface area contributed by atoms with E-state index in [1.807, 2.05) is 41.9 Å². The Balaban J connectivity index is 1.38. The molecule has 0 spiro atoms. The molecule has 8 nitrogen and oxygen atoms in total. The number of para-hydroxylation sites is 1. The number of benzene rings is 1. The minimum absolute atomic E-state index is 0.148. The molecule has 0 radical (unpaired) electrons. The zero-order valence-corrected chi connectivity index (χ0v) is 20.3. The van der Waals surface area contributed by atoms with Crippen LogP contribution in [0.25, 0.3) is 0 Å². The molecule has 0 bridgehead atoms. The lowest BCUT2D eigenvalue weighted by molar-refractivity contribution is -0.113. The SMILES string of the molecule is COC(=O)c1c(NC(=O)CSc2nnc(COc3ccccc3)n2C)sc2c1CCCCC2. The highest BCUT2D eigenvalue weighted by atomic mass is 32.2. The van der Waals surface area contributed by atoms with Crippen LogP contribution >= 0.6 is 23.1 Å². The lowest BCUT2D eigenvalue weighted by Gasteiger charge is -2.08. The van der Waals surface area contributed by atoms with E-state index in [0.717, 1.165) is 43.4 Å². The zero-order valence-electron chi connectivity index (χ0n) is 18.6. The van der Waals surface area contributed by atoms with Gasteiger partial charge >= 0.3 is 5.97 Å². The number of fused-ring (bicyclic) bond motifs is 1. The number of carbonyl (C=O) groups excluding carboxylic acids is 2. The molecule has 1 amide bonds. The van der Waals surface area contributed by atoms with Gasteiger partial charge in [-0.05, 0) is 43.4 Å². The Hall–Kier alpha value is -2.85. The molecule has 0 fully saturated rings. The molecule has 0 aliphatic heterocycles. The molecule has 0 saturated carbocycles. The Bertz CT molecular complexity index is 1130. The van der Waals surface area contributed by atoms with Gasteiger partial charge in [0.2, 0.25) is 5.91 Å². The Kier molecular flexibility index (Phi) is 7.66. The summed E-state index contributed by atoms with van der Waals surface area (Å²) < 4.78 is 12.5. The van der Waals surface area contributed by atoms with Crippen LogP contribution in [-0.2, 0) is 36.0 Å². The third-order valence-corrected chi connectivity index (χ3v) is 7.66. The van der Waals surface area contributed by atoms with E-state index in [9.17, 15) is 9.59 Å². The number of ether oxygens (including phenoxy) is 2. The number of aryl methyl sites for hydroxylation is 1. The number of methoxy groups -OCH3 is 1. The number of carbonyl (C=O) groups is 2. The number of anilines is 1. The number of aromatic nitrogens is 3. The predicted octanol–water partition coefficient (Wildman–Crippen LogP) is 4.24. The first-order valence-corrected chi connectivity index (χ1v) is 12.6.